The average Bonchev–Trinajstić information content (AvgIpc) is 3.26. The summed E-state index contributed by atoms with van der Waals surface area (Å²) in [5, 5.41) is 2.73. The molecular weight excluding hydrogens is 310 g/mol. The van der Waals surface area contributed by atoms with Gasteiger partial charge in [-0.1, -0.05) is 12.1 Å². The summed E-state index contributed by atoms with van der Waals surface area (Å²) in [5.41, 5.74) is 1.31. The Bertz CT molecular complexity index is 848. The molecule has 0 unspecified atom stereocenters. The molecule has 6 nitrogen and oxygen atoms in total. The van der Waals surface area contributed by atoms with Crippen LogP contribution in [0.5, 0.6) is 0 Å². The first-order chi connectivity index (χ1) is 11.7. The number of amides is 1. The van der Waals surface area contributed by atoms with Crippen molar-refractivity contribution in [3.8, 4) is 11.5 Å². The molecule has 1 aromatic carbocycles. The Morgan fingerprint density at radius 2 is 1.96 bits per heavy atom. The first kappa shape index (κ1) is 15.6. The maximum absolute atomic E-state index is 12.3. The summed E-state index contributed by atoms with van der Waals surface area (Å²) < 4.78 is 15.4. The van der Waals surface area contributed by atoms with Crippen LogP contribution < -0.4 is 5.32 Å². The predicted octanol–water partition coefficient (Wildman–Crippen LogP) is 3.51. The molecule has 3 rings (SSSR count). The van der Waals surface area contributed by atoms with Crippen LogP contribution in [0.4, 0.5) is 5.69 Å². The number of ether oxygens (including phenoxy) is 1. The van der Waals surface area contributed by atoms with Crippen LogP contribution in [0.15, 0.2) is 63.6 Å². The van der Waals surface area contributed by atoms with Gasteiger partial charge in [0.1, 0.15) is 0 Å². The molecule has 1 N–H and O–H groups in total. The van der Waals surface area contributed by atoms with Gasteiger partial charge >= 0.3 is 5.97 Å². The van der Waals surface area contributed by atoms with E-state index in [1.54, 1.807) is 48.5 Å². The number of methoxy groups -OCH3 is 1. The van der Waals surface area contributed by atoms with Crippen LogP contribution >= 0.6 is 0 Å². The first-order valence-electron chi connectivity index (χ1n) is 7.26. The van der Waals surface area contributed by atoms with E-state index < -0.39 is 0 Å². The minimum absolute atomic E-state index is 0.142. The highest BCUT2D eigenvalue weighted by Crippen LogP contribution is 2.23. The van der Waals surface area contributed by atoms with Crippen molar-refractivity contribution < 1.29 is 23.2 Å². The molecule has 0 atom stereocenters. The highest BCUT2D eigenvalue weighted by Gasteiger charge is 2.14. The van der Waals surface area contributed by atoms with Crippen molar-refractivity contribution in [1.82, 2.24) is 0 Å². The van der Waals surface area contributed by atoms with Crippen molar-refractivity contribution in [2.24, 2.45) is 0 Å². The SMILES string of the molecule is COC(=O)Cc1cccc(NC(=O)c2ccc(-c3ccco3)o2)c1. The largest absolute Gasteiger partial charge is 0.469 e. The van der Waals surface area contributed by atoms with Crippen LogP contribution in [0.25, 0.3) is 11.5 Å². The topological polar surface area (TPSA) is 81.7 Å². The van der Waals surface area contributed by atoms with Gasteiger partial charge in [0.25, 0.3) is 5.91 Å². The quantitative estimate of drug-likeness (QED) is 0.726. The number of rotatable bonds is 5. The molecule has 0 aliphatic carbocycles. The fourth-order valence-electron chi connectivity index (χ4n) is 2.20. The Morgan fingerprint density at radius 3 is 2.71 bits per heavy atom. The molecule has 0 fully saturated rings. The van der Waals surface area contributed by atoms with E-state index in [0.29, 0.717) is 17.2 Å². The lowest BCUT2D eigenvalue weighted by molar-refractivity contribution is -0.139. The number of hydrogen-bond acceptors (Lipinski definition) is 5. The van der Waals surface area contributed by atoms with E-state index >= 15 is 0 Å². The zero-order valence-corrected chi connectivity index (χ0v) is 12.9. The minimum atomic E-state index is -0.386. The van der Waals surface area contributed by atoms with Gasteiger partial charge in [0.05, 0.1) is 19.8 Å². The van der Waals surface area contributed by atoms with E-state index in [0.717, 1.165) is 5.56 Å². The number of nitrogens with one attached hydrogen (secondary N) is 1. The molecule has 1 amide bonds. The van der Waals surface area contributed by atoms with Crippen LogP contribution in [0.3, 0.4) is 0 Å². The van der Waals surface area contributed by atoms with Gasteiger partial charge in [-0.25, -0.2) is 0 Å². The predicted molar refractivity (Wildman–Crippen MR) is 86.5 cm³/mol. The zero-order chi connectivity index (χ0) is 16.9. The third-order valence-corrected chi connectivity index (χ3v) is 3.35. The van der Waals surface area contributed by atoms with Crippen molar-refractivity contribution in [3.63, 3.8) is 0 Å². The van der Waals surface area contributed by atoms with Crippen molar-refractivity contribution in [3.05, 3.63) is 66.1 Å². The standard InChI is InChI=1S/C18H15NO5/c1-22-17(20)11-12-4-2-5-13(10-12)19-18(21)16-8-7-15(24-16)14-6-3-9-23-14/h2-10H,11H2,1H3,(H,19,21). The van der Waals surface area contributed by atoms with Crippen LogP contribution in [0, 0.1) is 0 Å². The van der Waals surface area contributed by atoms with E-state index in [9.17, 15) is 9.59 Å². The fraction of sp³-hybridized carbons (Fsp3) is 0.111. The lowest BCUT2D eigenvalue weighted by Gasteiger charge is -2.06. The van der Waals surface area contributed by atoms with Gasteiger partial charge in [0.2, 0.25) is 0 Å². The third kappa shape index (κ3) is 3.55. The second-order valence-corrected chi connectivity index (χ2v) is 5.05. The van der Waals surface area contributed by atoms with Gasteiger partial charge < -0.3 is 18.9 Å². The fourth-order valence-corrected chi connectivity index (χ4v) is 2.20. The Balaban J connectivity index is 1.71. The maximum Gasteiger partial charge on any atom is 0.309 e. The number of hydrogen-bond donors (Lipinski definition) is 1. The van der Waals surface area contributed by atoms with E-state index in [-0.39, 0.29) is 24.1 Å². The van der Waals surface area contributed by atoms with E-state index in [1.807, 2.05) is 0 Å². The summed E-state index contributed by atoms with van der Waals surface area (Å²) >= 11 is 0. The zero-order valence-electron chi connectivity index (χ0n) is 12.9. The van der Waals surface area contributed by atoms with Crippen LogP contribution in [-0.4, -0.2) is 19.0 Å². The Hall–Kier alpha value is -3.28. The monoisotopic (exact) mass is 325 g/mol. The molecule has 0 aliphatic heterocycles. The third-order valence-electron chi connectivity index (χ3n) is 3.35. The molecule has 2 aromatic heterocycles. The number of esters is 1. The summed E-state index contributed by atoms with van der Waals surface area (Å²) in [6.45, 7) is 0. The number of anilines is 1. The molecule has 0 spiro atoms. The molecule has 0 aliphatic rings. The first-order valence-corrected chi connectivity index (χ1v) is 7.26. The van der Waals surface area contributed by atoms with E-state index in [4.69, 9.17) is 8.83 Å². The van der Waals surface area contributed by atoms with E-state index in [2.05, 4.69) is 10.1 Å². The molecule has 2 heterocycles. The molecule has 0 bridgehead atoms. The molecule has 6 heteroatoms. The van der Waals surface area contributed by atoms with Gasteiger partial charge in [-0.15, -0.1) is 0 Å². The van der Waals surface area contributed by atoms with Crippen LogP contribution in [0.2, 0.25) is 0 Å². The Morgan fingerprint density at radius 1 is 1.08 bits per heavy atom. The summed E-state index contributed by atoms with van der Waals surface area (Å²) in [7, 11) is 1.33. The van der Waals surface area contributed by atoms with Gasteiger partial charge in [-0.05, 0) is 42.0 Å². The molecular formula is C18H15NO5. The number of benzene rings is 1. The van der Waals surface area contributed by atoms with Gasteiger partial charge in [-0.3, -0.25) is 9.59 Å². The number of furan rings is 2. The summed E-state index contributed by atoms with van der Waals surface area (Å²) in [6.07, 6.45) is 1.67. The molecule has 24 heavy (non-hydrogen) atoms. The Labute approximate surface area is 138 Å². The highest BCUT2D eigenvalue weighted by atomic mass is 16.5. The summed E-state index contributed by atoms with van der Waals surface area (Å²) in [6, 6.07) is 13.7. The number of carbonyl (C=O) groups is 2. The second-order valence-electron chi connectivity index (χ2n) is 5.05. The van der Waals surface area contributed by atoms with Crippen molar-refractivity contribution in [2.75, 3.05) is 12.4 Å². The van der Waals surface area contributed by atoms with Crippen LogP contribution in [-0.2, 0) is 16.0 Å². The molecule has 0 radical (unpaired) electrons. The van der Waals surface area contributed by atoms with E-state index in [1.165, 1.54) is 13.4 Å². The van der Waals surface area contributed by atoms with Crippen molar-refractivity contribution in [1.29, 1.82) is 0 Å². The summed E-state index contributed by atoms with van der Waals surface area (Å²) in [4.78, 5) is 23.6. The molecule has 3 aromatic rings. The summed E-state index contributed by atoms with van der Waals surface area (Å²) in [5.74, 6) is 0.467. The van der Waals surface area contributed by atoms with Gasteiger partial charge in [-0.2, -0.15) is 0 Å². The average molecular weight is 325 g/mol. The smallest absolute Gasteiger partial charge is 0.309 e. The second kappa shape index (κ2) is 6.87. The molecule has 0 saturated heterocycles. The van der Waals surface area contributed by atoms with Gasteiger partial charge in [0, 0.05) is 5.69 Å². The van der Waals surface area contributed by atoms with Crippen LogP contribution in [0.1, 0.15) is 16.1 Å². The lowest BCUT2D eigenvalue weighted by Crippen LogP contribution is -2.11. The Kier molecular flexibility index (Phi) is 4.47. The normalized spacial score (nSPS) is 10.4. The van der Waals surface area contributed by atoms with Crippen molar-refractivity contribution in [2.45, 2.75) is 6.42 Å². The maximum atomic E-state index is 12.3. The molecule has 122 valence electrons. The number of carbonyl (C=O) groups excluding carboxylic acids is 2. The minimum Gasteiger partial charge on any atom is -0.469 e. The van der Waals surface area contributed by atoms with Crippen molar-refractivity contribution >= 4 is 17.6 Å². The highest BCUT2D eigenvalue weighted by molar-refractivity contribution is 6.02. The lowest BCUT2D eigenvalue weighted by atomic mass is 10.1. The molecule has 0 saturated carbocycles. The van der Waals surface area contributed by atoms with Gasteiger partial charge in [0.15, 0.2) is 17.3 Å².